The van der Waals surface area contributed by atoms with Crippen LogP contribution in [0.15, 0.2) is 18.5 Å². The van der Waals surface area contributed by atoms with Gasteiger partial charge in [0.1, 0.15) is 12.4 Å². The summed E-state index contributed by atoms with van der Waals surface area (Å²) in [5.41, 5.74) is 0.767. The van der Waals surface area contributed by atoms with E-state index >= 15 is 0 Å². The highest BCUT2D eigenvalue weighted by Gasteiger charge is 2.16. The monoisotopic (exact) mass is 209 g/mol. The van der Waals surface area contributed by atoms with Crippen LogP contribution in [-0.4, -0.2) is 29.4 Å². The van der Waals surface area contributed by atoms with Crippen LogP contribution in [0.5, 0.6) is 5.75 Å². The maximum atomic E-state index is 9.07. The molecule has 1 aliphatic heterocycles. The minimum Gasteiger partial charge on any atom is -0.489 e. The van der Waals surface area contributed by atoms with Crippen molar-refractivity contribution in [2.45, 2.75) is 25.6 Å². The zero-order valence-corrected chi connectivity index (χ0v) is 8.56. The fraction of sp³-hybridized carbons (Fsp3) is 0.545. The van der Waals surface area contributed by atoms with Crippen LogP contribution in [0.1, 0.15) is 18.4 Å². The van der Waals surface area contributed by atoms with Gasteiger partial charge in [-0.05, 0) is 18.9 Å². The molecule has 0 aromatic carbocycles. The van der Waals surface area contributed by atoms with Crippen LogP contribution >= 0.6 is 0 Å². The minimum absolute atomic E-state index is 0.0244. The van der Waals surface area contributed by atoms with Gasteiger partial charge in [-0.3, -0.25) is 4.98 Å². The van der Waals surface area contributed by atoms with Gasteiger partial charge in [-0.2, -0.15) is 0 Å². The Bertz CT molecular complexity index is 310. The van der Waals surface area contributed by atoms with Crippen LogP contribution in [0, 0.1) is 0 Å². The number of hydrogen-bond acceptors (Lipinski definition) is 4. The second-order valence-corrected chi connectivity index (χ2v) is 3.59. The summed E-state index contributed by atoms with van der Waals surface area (Å²) in [7, 11) is 0. The summed E-state index contributed by atoms with van der Waals surface area (Å²) in [6.07, 6.45) is 5.62. The third kappa shape index (κ3) is 2.67. The van der Waals surface area contributed by atoms with E-state index in [0.717, 1.165) is 25.0 Å². The lowest BCUT2D eigenvalue weighted by atomic mass is 10.2. The molecule has 0 radical (unpaired) electrons. The first-order chi connectivity index (χ1) is 7.40. The quantitative estimate of drug-likeness (QED) is 0.807. The molecule has 0 bridgehead atoms. The third-order valence-corrected chi connectivity index (χ3v) is 2.49. The standard InChI is InChI=1S/C11H15NO3/c13-7-9-3-4-12-6-11(9)15-8-10-2-1-5-14-10/h3-4,6,10,13H,1-2,5,7-8H2. The number of hydrogen-bond donors (Lipinski definition) is 1. The molecule has 4 nitrogen and oxygen atoms in total. The second-order valence-electron chi connectivity index (χ2n) is 3.59. The molecule has 1 aromatic rings. The molecule has 0 saturated carbocycles. The highest BCUT2D eigenvalue weighted by atomic mass is 16.5. The van der Waals surface area contributed by atoms with E-state index in [1.54, 1.807) is 18.5 Å². The molecule has 2 rings (SSSR count). The normalized spacial score (nSPS) is 20.5. The van der Waals surface area contributed by atoms with Crippen molar-refractivity contribution in [3.05, 3.63) is 24.0 Å². The Morgan fingerprint density at radius 3 is 3.27 bits per heavy atom. The molecule has 1 unspecified atom stereocenters. The van der Waals surface area contributed by atoms with Crippen LogP contribution in [0.25, 0.3) is 0 Å². The number of rotatable bonds is 4. The van der Waals surface area contributed by atoms with Gasteiger partial charge < -0.3 is 14.6 Å². The van der Waals surface area contributed by atoms with Crippen molar-refractivity contribution < 1.29 is 14.6 Å². The fourth-order valence-corrected chi connectivity index (χ4v) is 1.63. The molecular formula is C11H15NO3. The van der Waals surface area contributed by atoms with Gasteiger partial charge in [0.15, 0.2) is 0 Å². The Labute approximate surface area is 88.9 Å². The third-order valence-electron chi connectivity index (χ3n) is 2.49. The number of nitrogens with zero attached hydrogens (tertiary/aromatic N) is 1. The molecule has 2 heterocycles. The number of aliphatic hydroxyl groups excluding tert-OH is 1. The van der Waals surface area contributed by atoms with Crippen molar-refractivity contribution in [1.82, 2.24) is 4.98 Å². The highest BCUT2D eigenvalue weighted by Crippen LogP contribution is 2.18. The van der Waals surface area contributed by atoms with E-state index in [-0.39, 0.29) is 12.7 Å². The van der Waals surface area contributed by atoms with Crippen LogP contribution in [0.2, 0.25) is 0 Å². The van der Waals surface area contributed by atoms with Gasteiger partial charge in [0.25, 0.3) is 0 Å². The summed E-state index contributed by atoms with van der Waals surface area (Å²) in [6, 6.07) is 1.75. The number of pyridine rings is 1. The molecule has 1 atom stereocenters. The molecule has 1 aromatic heterocycles. The zero-order valence-electron chi connectivity index (χ0n) is 8.56. The molecule has 15 heavy (non-hydrogen) atoms. The number of ether oxygens (including phenoxy) is 2. The Morgan fingerprint density at radius 1 is 1.60 bits per heavy atom. The number of aromatic nitrogens is 1. The lowest BCUT2D eigenvalue weighted by Gasteiger charge is -2.13. The smallest absolute Gasteiger partial charge is 0.143 e. The van der Waals surface area contributed by atoms with Gasteiger partial charge in [0.05, 0.1) is 18.9 Å². The Morgan fingerprint density at radius 2 is 2.53 bits per heavy atom. The Kier molecular flexibility index (Phi) is 3.53. The predicted octanol–water partition coefficient (Wildman–Crippen LogP) is 1.13. The average molecular weight is 209 g/mol. The Balaban J connectivity index is 1.91. The lowest BCUT2D eigenvalue weighted by molar-refractivity contribution is 0.0669. The first-order valence-electron chi connectivity index (χ1n) is 5.18. The molecule has 1 fully saturated rings. The van der Waals surface area contributed by atoms with Crippen LogP contribution < -0.4 is 4.74 Å². The summed E-state index contributed by atoms with van der Waals surface area (Å²) >= 11 is 0. The summed E-state index contributed by atoms with van der Waals surface area (Å²) in [4.78, 5) is 3.96. The fourth-order valence-electron chi connectivity index (χ4n) is 1.63. The van der Waals surface area contributed by atoms with Crippen molar-refractivity contribution in [3.63, 3.8) is 0 Å². The van der Waals surface area contributed by atoms with Crippen LogP contribution in [0.3, 0.4) is 0 Å². The summed E-state index contributed by atoms with van der Waals surface area (Å²) in [5, 5.41) is 9.07. The largest absolute Gasteiger partial charge is 0.489 e. The van der Waals surface area contributed by atoms with E-state index in [2.05, 4.69) is 4.98 Å². The van der Waals surface area contributed by atoms with E-state index < -0.39 is 0 Å². The van der Waals surface area contributed by atoms with Gasteiger partial charge in [-0.1, -0.05) is 0 Å². The molecule has 1 aliphatic rings. The summed E-state index contributed by atoms with van der Waals surface area (Å²) < 4.78 is 11.0. The first kappa shape index (κ1) is 10.4. The zero-order chi connectivity index (χ0) is 10.5. The van der Waals surface area contributed by atoms with Crippen molar-refractivity contribution >= 4 is 0 Å². The maximum absolute atomic E-state index is 9.07. The molecular weight excluding hydrogens is 194 g/mol. The summed E-state index contributed by atoms with van der Waals surface area (Å²) in [6.45, 7) is 1.34. The van der Waals surface area contributed by atoms with Gasteiger partial charge in [0.2, 0.25) is 0 Å². The van der Waals surface area contributed by atoms with Crippen molar-refractivity contribution in [2.24, 2.45) is 0 Å². The molecule has 4 heteroatoms. The van der Waals surface area contributed by atoms with Crippen molar-refractivity contribution in [2.75, 3.05) is 13.2 Å². The van der Waals surface area contributed by atoms with Crippen molar-refractivity contribution in [3.8, 4) is 5.75 Å². The molecule has 82 valence electrons. The van der Waals surface area contributed by atoms with E-state index in [1.165, 1.54) is 0 Å². The topological polar surface area (TPSA) is 51.6 Å². The van der Waals surface area contributed by atoms with Gasteiger partial charge in [0, 0.05) is 18.4 Å². The van der Waals surface area contributed by atoms with E-state index in [1.807, 2.05) is 0 Å². The van der Waals surface area contributed by atoms with Crippen molar-refractivity contribution in [1.29, 1.82) is 0 Å². The molecule has 1 saturated heterocycles. The van der Waals surface area contributed by atoms with Gasteiger partial charge in [-0.25, -0.2) is 0 Å². The predicted molar refractivity (Wildman–Crippen MR) is 54.6 cm³/mol. The molecule has 0 amide bonds. The van der Waals surface area contributed by atoms with E-state index in [9.17, 15) is 0 Å². The maximum Gasteiger partial charge on any atom is 0.143 e. The van der Waals surface area contributed by atoms with Crippen LogP contribution in [-0.2, 0) is 11.3 Å². The van der Waals surface area contributed by atoms with Gasteiger partial charge in [-0.15, -0.1) is 0 Å². The lowest BCUT2D eigenvalue weighted by Crippen LogP contribution is -2.16. The van der Waals surface area contributed by atoms with Crippen LogP contribution in [0.4, 0.5) is 0 Å². The second kappa shape index (κ2) is 5.09. The highest BCUT2D eigenvalue weighted by molar-refractivity contribution is 5.28. The van der Waals surface area contributed by atoms with E-state index in [0.29, 0.717) is 12.4 Å². The van der Waals surface area contributed by atoms with E-state index in [4.69, 9.17) is 14.6 Å². The first-order valence-corrected chi connectivity index (χ1v) is 5.18. The molecule has 0 aliphatic carbocycles. The van der Waals surface area contributed by atoms with Gasteiger partial charge >= 0.3 is 0 Å². The SMILES string of the molecule is OCc1ccncc1OCC1CCCO1. The molecule has 0 spiro atoms. The number of aliphatic hydroxyl groups is 1. The average Bonchev–Trinajstić information content (AvgIpc) is 2.79. The Hall–Kier alpha value is -1.13. The molecule has 1 N–H and O–H groups in total. The summed E-state index contributed by atoms with van der Waals surface area (Å²) in [5.74, 6) is 0.649. The minimum atomic E-state index is -0.0244.